The van der Waals surface area contributed by atoms with E-state index in [0.29, 0.717) is 22.6 Å². The first-order valence-electron chi connectivity index (χ1n) is 10.9. The van der Waals surface area contributed by atoms with Crippen LogP contribution in [0, 0.1) is 0 Å². The maximum atomic E-state index is 13.7. The van der Waals surface area contributed by atoms with Crippen LogP contribution in [0.3, 0.4) is 0 Å². The van der Waals surface area contributed by atoms with E-state index in [2.05, 4.69) is 10.0 Å². The van der Waals surface area contributed by atoms with Crippen LogP contribution in [-0.4, -0.2) is 23.9 Å². The Labute approximate surface area is 203 Å². The number of rotatable bonds is 9. The molecule has 2 N–H and O–H groups in total. The van der Waals surface area contributed by atoms with Gasteiger partial charge in [0, 0.05) is 17.3 Å². The van der Waals surface area contributed by atoms with Crippen LogP contribution in [0.1, 0.15) is 19.4 Å². The molecule has 4 rings (SSSR count). The second-order valence-corrected chi connectivity index (χ2v) is 11.6. The number of amides is 1. The summed E-state index contributed by atoms with van der Waals surface area (Å²) in [5.41, 5.74) is 0.688. The molecule has 0 fully saturated rings. The monoisotopic (exact) mass is 498 g/mol. The van der Waals surface area contributed by atoms with Gasteiger partial charge in [-0.15, -0.1) is 0 Å². The van der Waals surface area contributed by atoms with Crippen molar-refractivity contribution in [1.29, 1.82) is 0 Å². The third kappa shape index (κ3) is 6.14. The minimum absolute atomic E-state index is 0.0857. The van der Waals surface area contributed by atoms with Gasteiger partial charge in [-0.05, 0) is 44.2 Å². The van der Waals surface area contributed by atoms with E-state index in [1.165, 1.54) is 11.9 Å². The van der Waals surface area contributed by atoms with Gasteiger partial charge in [0.15, 0.2) is 11.5 Å². The molecule has 34 heavy (non-hydrogen) atoms. The highest BCUT2D eigenvalue weighted by Crippen LogP contribution is 2.45. The van der Waals surface area contributed by atoms with Gasteiger partial charge in [-0.25, -0.2) is 4.79 Å². The first-order valence-corrected chi connectivity index (χ1v) is 13.6. The molecule has 0 saturated carbocycles. The standard InChI is InChI=1S/C25H27N2O5PS/c1-25(2)16-19-10-9-15-22(23(19)31-25)30-24(28)26-18-34-27-17-33(29,21-13-7-4-8-14-21)32-20-11-5-3-6-12-20/h3-15,27H,16-18H2,1-2H3,(H,26,28). The third-order valence-corrected chi connectivity index (χ3v) is 8.08. The lowest BCUT2D eigenvalue weighted by Gasteiger charge is -2.20. The van der Waals surface area contributed by atoms with Gasteiger partial charge < -0.3 is 19.3 Å². The number of benzene rings is 3. The molecule has 0 bridgehead atoms. The number of carbonyl (C=O) groups is 1. The Hall–Kier alpha value is -2.93. The lowest BCUT2D eigenvalue weighted by Crippen LogP contribution is -2.29. The van der Waals surface area contributed by atoms with E-state index >= 15 is 0 Å². The fraction of sp³-hybridized carbons (Fsp3) is 0.240. The van der Waals surface area contributed by atoms with E-state index in [1.54, 1.807) is 30.3 Å². The van der Waals surface area contributed by atoms with Crippen molar-refractivity contribution in [2.45, 2.75) is 25.9 Å². The summed E-state index contributed by atoms with van der Waals surface area (Å²) in [4.78, 5) is 12.3. The molecule has 1 atom stereocenters. The average molecular weight is 499 g/mol. The summed E-state index contributed by atoms with van der Waals surface area (Å²) in [6, 6.07) is 23.7. The fourth-order valence-electron chi connectivity index (χ4n) is 3.56. The molecule has 0 spiro atoms. The molecular weight excluding hydrogens is 471 g/mol. The normalized spacial score (nSPS) is 15.5. The molecule has 9 heteroatoms. The second-order valence-electron chi connectivity index (χ2n) is 8.35. The molecule has 1 aliphatic rings. The van der Waals surface area contributed by atoms with E-state index in [4.69, 9.17) is 14.0 Å². The first-order chi connectivity index (χ1) is 16.3. The summed E-state index contributed by atoms with van der Waals surface area (Å²) in [5.74, 6) is 1.74. The average Bonchev–Trinajstić information content (AvgIpc) is 3.15. The zero-order valence-electron chi connectivity index (χ0n) is 19.0. The summed E-state index contributed by atoms with van der Waals surface area (Å²) in [7, 11) is -3.23. The van der Waals surface area contributed by atoms with Crippen molar-refractivity contribution in [1.82, 2.24) is 10.0 Å². The lowest BCUT2D eigenvalue weighted by molar-refractivity contribution is 0.133. The number of hydrogen-bond donors (Lipinski definition) is 2. The number of ether oxygens (including phenoxy) is 2. The molecule has 1 aliphatic heterocycles. The van der Waals surface area contributed by atoms with Crippen LogP contribution in [0.5, 0.6) is 17.2 Å². The Morgan fingerprint density at radius 1 is 1.03 bits per heavy atom. The van der Waals surface area contributed by atoms with Gasteiger partial charge in [0.1, 0.15) is 11.4 Å². The molecule has 0 aromatic heterocycles. The minimum atomic E-state index is -3.23. The van der Waals surface area contributed by atoms with Crippen molar-refractivity contribution < 1.29 is 23.4 Å². The van der Waals surface area contributed by atoms with Crippen LogP contribution >= 0.6 is 19.3 Å². The van der Waals surface area contributed by atoms with Crippen LogP contribution in [0.2, 0.25) is 0 Å². The molecule has 7 nitrogen and oxygen atoms in total. The van der Waals surface area contributed by atoms with E-state index in [0.717, 1.165) is 12.0 Å². The maximum absolute atomic E-state index is 13.7. The molecule has 0 aliphatic carbocycles. The summed E-state index contributed by atoms with van der Waals surface area (Å²) in [6.07, 6.45) is 0.248. The van der Waals surface area contributed by atoms with Gasteiger partial charge in [-0.1, -0.05) is 60.5 Å². The molecule has 3 aromatic carbocycles. The van der Waals surface area contributed by atoms with Gasteiger partial charge in [-0.3, -0.25) is 9.29 Å². The molecule has 1 unspecified atom stereocenters. The summed E-state index contributed by atoms with van der Waals surface area (Å²) >= 11 is 1.20. The molecule has 0 radical (unpaired) electrons. The zero-order valence-corrected chi connectivity index (χ0v) is 20.7. The summed E-state index contributed by atoms with van der Waals surface area (Å²) < 4.78 is 34.0. The first kappa shape index (κ1) is 24.2. The molecule has 178 valence electrons. The Bertz CT molecular complexity index is 1170. The van der Waals surface area contributed by atoms with E-state index in [-0.39, 0.29) is 17.8 Å². The van der Waals surface area contributed by atoms with Gasteiger partial charge in [0.05, 0.1) is 12.2 Å². The molecule has 1 heterocycles. The summed E-state index contributed by atoms with van der Waals surface area (Å²) in [5, 5.41) is 3.28. The SMILES string of the molecule is CC1(C)Cc2cccc(OC(=O)NCSNCP(=O)(Oc3ccccc3)c3ccccc3)c2O1. The molecule has 1 amide bonds. The van der Waals surface area contributed by atoms with Crippen molar-refractivity contribution in [2.24, 2.45) is 0 Å². The van der Waals surface area contributed by atoms with Gasteiger partial charge >= 0.3 is 6.09 Å². The fourth-order valence-corrected chi connectivity index (χ4v) is 6.34. The van der Waals surface area contributed by atoms with E-state index in [9.17, 15) is 9.36 Å². The smallest absolute Gasteiger partial charge is 0.413 e. The Balaban J connectivity index is 1.29. The van der Waals surface area contributed by atoms with Crippen LogP contribution in [0.4, 0.5) is 4.79 Å². The van der Waals surface area contributed by atoms with Crippen molar-refractivity contribution >= 4 is 30.7 Å². The Morgan fingerprint density at radius 3 is 2.47 bits per heavy atom. The predicted octanol–water partition coefficient (Wildman–Crippen LogP) is 5.32. The Kier molecular flexibility index (Phi) is 7.51. The highest BCUT2D eigenvalue weighted by molar-refractivity contribution is 7.97. The highest BCUT2D eigenvalue weighted by Gasteiger charge is 2.33. The van der Waals surface area contributed by atoms with Crippen LogP contribution in [0.15, 0.2) is 78.9 Å². The number of para-hydroxylation sites is 2. The molecule has 0 saturated heterocycles. The van der Waals surface area contributed by atoms with Crippen LogP contribution in [0.25, 0.3) is 0 Å². The number of hydrogen-bond acceptors (Lipinski definition) is 7. The highest BCUT2D eigenvalue weighted by atomic mass is 32.2. The number of fused-ring (bicyclic) bond motifs is 1. The molecular formula is C25H27N2O5PS. The van der Waals surface area contributed by atoms with Crippen LogP contribution < -0.4 is 29.3 Å². The van der Waals surface area contributed by atoms with Crippen LogP contribution in [-0.2, 0) is 11.0 Å². The van der Waals surface area contributed by atoms with Crippen molar-refractivity contribution in [3.8, 4) is 17.2 Å². The maximum Gasteiger partial charge on any atom is 0.413 e. The van der Waals surface area contributed by atoms with E-state index in [1.807, 2.05) is 62.4 Å². The van der Waals surface area contributed by atoms with E-state index < -0.39 is 13.5 Å². The quantitative estimate of drug-likeness (QED) is 0.179. The predicted molar refractivity (Wildman–Crippen MR) is 135 cm³/mol. The minimum Gasteiger partial charge on any atom is -0.483 e. The topological polar surface area (TPSA) is 85.9 Å². The van der Waals surface area contributed by atoms with Gasteiger partial charge in [0.25, 0.3) is 7.37 Å². The summed E-state index contributed by atoms with van der Waals surface area (Å²) in [6.45, 7) is 3.99. The van der Waals surface area contributed by atoms with Crippen molar-refractivity contribution in [3.05, 3.63) is 84.4 Å². The third-order valence-electron chi connectivity index (χ3n) is 5.07. The van der Waals surface area contributed by atoms with Gasteiger partial charge in [0.2, 0.25) is 0 Å². The zero-order chi connectivity index (χ0) is 24.0. The number of carbonyl (C=O) groups excluding carboxylic acids is 1. The van der Waals surface area contributed by atoms with Gasteiger partial charge in [-0.2, -0.15) is 0 Å². The molecule has 3 aromatic rings. The Morgan fingerprint density at radius 2 is 1.74 bits per heavy atom. The lowest BCUT2D eigenvalue weighted by atomic mass is 10.0. The number of nitrogens with one attached hydrogen (secondary N) is 2. The second kappa shape index (κ2) is 10.6. The van der Waals surface area contributed by atoms with Crippen molar-refractivity contribution in [3.63, 3.8) is 0 Å². The largest absolute Gasteiger partial charge is 0.483 e. The van der Waals surface area contributed by atoms with Crippen molar-refractivity contribution in [2.75, 3.05) is 12.2 Å².